The van der Waals surface area contributed by atoms with Crippen molar-refractivity contribution in [1.29, 1.82) is 0 Å². The van der Waals surface area contributed by atoms with Crippen molar-refractivity contribution in [2.24, 2.45) is 0 Å². The Hall–Kier alpha value is -5.78. The zero-order chi connectivity index (χ0) is 29.5. The van der Waals surface area contributed by atoms with E-state index in [1.165, 1.54) is 20.9 Å². The van der Waals surface area contributed by atoms with E-state index in [0.717, 1.165) is 71.5 Å². The summed E-state index contributed by atoms with van der Waals surface area (Å²) in [5.41, 5.74) is 8.04. The highest BCUT2D eigenvalue weighted by molar-refractivity contribution is 7.25. The Bertz CT molecular complexity index is 2770. The van der Waals surface area contributed by atoms with Crippen LogP contribution in [0.2, 0.25) is 0 Å². The molecule has 4 heterocycles. The van der Waals surface area contributed by atoms with Crippen molar-refractivity contribution in [2.75, 3.05) is 0 Å². The van der Waals surface area contributed by atoms with Crippen molar-refractivity contribution in [3.8, 4) is 28.3 Å². The van der Waals surface area contributed by atoms with E-state index in [2.05, 4.69) is 114 Å². The van der Waals surface area contributed by atoms with Gasteiger partial charge >= 0.3 is 0 Å². The predicted molar refractivity (Wildman–Crippen MR) is 187 cm³/mol. The molecule has 5 heteroatoms. The quantitative estimate of drug-likeness (QED) is 0.205. The summed E-state index contributed by atoms with van der Waals surface area (Å²) in [7, 11) is 0. The van der Waals surface area contributed by atoms with E-state index in [1.807, 2.05) is 30.3 Å². The molecule has 0 saturated heterocycles. The number of nitrogens with zero attached hydrogens (tertiary/aromatic N) is 3. The summed E-state index contributed by atoms with van der Waals surface area (Å²) in [5.74, 6) is 0.732. The molecule has 0 aliphatic heterocycles. The van der Waals surface area contributed by atoms with Crippen LogP contribution in [0.15, 0.2) is 144 Å². The van der Waals surface area contributed by atoms with Gasteiger partial charge in [0.2, 0.25) is 0 Å². The van der Waals surface area contributed by atoms with Crippen molar-refractivity contribution in [2.45, 2.75) is 0 Å². The number of para-hydroxylation sites is 2. The Labute approximate surface area is 261 Å². The molecule has 0 amide bonds. The smallest absolute Gasteiger partial charge is 0.161 e. The Balaban J connectivity index is 1.29. The Morgan fingerprint density at radius 3 is 2.20 bits per heavy atom. The van der Waals surface area contributed by atoms with E-state index in [1.54, 1.807) is 11.3 Å². The summed E-state index contributed by atoms with van der Waals surface area (Å²) in [4.78, 5) is 11.3. The number of benzene rings is 6. The van der Waals surface area contributed by atoms with Crippen LogP contribution in [-0.2, 0) is 0 Å². The van der Waals surface area contributed by atoms with E-state index in [9.17, 15) is 0 Å². The molecule has 0 saturated carbocycles. The van der Waals surface area contributed by atoms with Crippen molar-refractivity contribution >= 4 is 75.4 Å². The van der Waals surface area contributed by atoms with E-state index in [4.69, 9.17) is 14.4 Å². The van der Waals surface area contributed by atoms with Crippen LogP contribution in [0.5, 0.6) is 0 Å². The number of aromatic nitrogens is 3. The van der Waals surface area contributed by atoms with Crippen LogP contribution in [0.1, 0.15) is 0 Å². The molecule has 0 fully saturated rings. The molecule has 0 bridgehead atoms. The summed E-state index contributed by atoms with van der Waals surface area (Å²) < 4.78 is 10.1. The third-order valence-electron chi connectivity index (χ3n) is 8.83. The van der Waals surface area contributed by atoms with Gasteiger partial charge < -0.3 is 8.98 Å². The Kier molecular flexibility index (Phi) is 5.12. The Morgan fingerprint density at radius 1 is 0.556 bits per heavy atom. The minimum atomic E-state index is 0.732. The average molecular weight is 594 g/mol. The molecule has 4 aromatic heterocycles. The molecule has 0 unspecified atom stereocenters. The number of fused-ring (bicyclic) bond motifs is 10. The number of hydrogen-bond acceptors (Lipinski definition) is 4. The molecule has 4 nitrogen and oxygen atoms in total. The molecule has 0 aliphatic carbocycles. The number of furan rings is 1. The van der Waals surface area contributed by atoms with E-state index >= 15 is 0 Å². The van der Waals surface area contributed by atoms with Crippen molar-refractivity contribution in [1.82, 2.24) is 14.5 Å². The third kappa shape index (κ3) is 3.59. The van der Waals surface area contributed by atoms with Gasteiger partial charge in [0.05, 0.1) is 16.7 Å². The number of rotatable bonds is 3. The van der Waals surface area contributed by atoms with Crippen LogP contribution >= 0.6 is 11.3 Å². The molecule has 0 N–H and O–H groups in total. The van der Waals surface area contributed by atoms with Gasteiger partial charge in [0.1, 0.15) is 10.4 Å². The molecular formula is C40H23N3OS. The highest BCUT2D eigenvalue weighted by Crippen LogP contribution is 2.42. The largest absolute Gasteiger partial charge is 0.454 e. The zero-order valence-corrected chi connectivity index (χ0v) is 24.8. The first-order valence-electron chi connectivity index (χ1n) is 15.0. The molecule has 0 atom stereocenters. The maximum atomic E-state index is 6.59. The lowest BCUT2D eigenvalue weighted by atomic mass is 10.0. The van der Waals surface area contributed by atoms with Gasteiger partial charge in [-0.2, -0.15) is 0 Å². The maximum absolute atomic E-state index is 6.59. The van der Waals surface area contributed by atoms with Crippen LogP contribution in [0, 0.1) is 0 Å². The van der Waals surface area contributed by atoms with Crippen molar-refractivity contribution in [3.05, 3.63) is 140 Å². The molecule has 0 aliphatic rings. The SMILES string of the molecule is c1ccc(-c2nc(-c3cccc(-n4c5ccccc5c5ccc6c7ccccc7oc6c54)c3)c3c(n2)sc2ccccc23)cc1. The second-order valence-electron chi connectivity index (χ2n) is 11.4. The monoisotopic (exact) mass is 593 g/mol. The summed E-state index contributed by atoms with van der Waals surface area (Å²) in [6, 6.07) is 48.8. The summed E-state index contributed by atoms with van der Waals surface area (Å²) in [5, 5.41) is 6.88. The van der Waals surface area contributed by atoms with Gasteiger partial charge in [0.25, 0.3) is 0 Å². The normalized spacial score (nSPS) is 12.0. The van der Waals surface area contributed by atoms with Gasteiger partial charge in [-0.05, 0) is 36.4 Å². The summed E-state index contributed by atoms with van der Waals surface area (Å²) in [6.45, 7) is 0. The predicted octanol–water partition coefficient (Wildman–Crippen LogP) is 11.2. The topological polar surface area (TPSA) is 43.9 Å². The van der Waals surface area contributed by atoms with E-state index in [-0.39, 0.29) is 0 Å². The maximum Gasteiger partial charge on any atom is 0.161 e. The molecule has 6 aromatic carbocycles. The molecular weight excluding hydrogens is 571 g/mol. The minimum Gasteiger partial charge on any atom is -0.454 e. The van der Waals surface area contributed by atoms with Gasteiger partial charge in [0, 0.05) is 53.8 Å². The zero-order valence-electron chi connectivity index (χ0n) is 23.9. The summed E-state index contributed by atoms with van der Waals surface area (Å²) >= 11 is 1.72. The van der Waals surface area contributed by atoms with Gasteiger partial charge in [-0.25, -0.2) is 9.97 Å². The fraction of sp³-hybridized carbons (Fsp3) is 0. The highest BCUT2D eigenvalue weighted by Gasteiger charge is 2.21. The Morgan fingerprint density at radius 2 is 1.29 bits per heavy atom. The third-order valence-corrected chi connectivity index (χ3v) is 9.89. The second kappa shape index (κ2) is 9.36. The first-order chi connectivity index (χ1) is 22.3. The van der Waals surface area contributed by atoms with Gasteiger partial charge in [-0.15, -0.1) is 11.3 Å². The molecule has 10 aromatic rings. The van der Waals surface area contributed by atoms with Crippen LogP contribution in [0.4, 0.5) is 0 Å². The highest BCUT2D eigenvalue weighted by atomic mass is 32.1. The first-order valence-corrected chi connectivity index (χ1v) is 15.8. The lowest BCUT2D eigenvalue weighted by Crippen LogP contribution is -1.97. The van der Waals surface area contributed by atoms with Crippen LogP contribution in [0.25, 0.3) is 92.4 Å². The van der Waals surface area contributed by atoms with Crippen molar-refractivity contribution in [3.63, 3.8) is 0 Å². The molecule has 0 radical (unpaired) electrons. The average Bonchev–Trinajstić information content (AvgIpc) is 3.78. The molecule has 45 heavy (non-hydrogen) atoms. The molecule has 210 valence electrons. The second-order valence-corrected chi connectivity index (χ2v) is 12.4. The standard InChI is InChI=1S/C40H23N3OS/c1-2-11-24(12-3-1)39-41-36(35-31-17-6-9-20-34(31)45-40(35)42-39)25-13-10-14-26(23-25)43-32-18-7-4-15-27(32)29-21-22-30-28-16-5-8-19-33(28)44-38(30)37(29)43/h1-23H. The van der Waals surface area contributed by atoms with Gasteiger partial charge in [-0.3, -0.25) is 0 Å². The number of thiophene rings is 1. The molecule has 0 spiro atoms. The van der Waals surface area contributed by atoms with Gasteiger partial charge in [0.15, 0.2) is 11.4 Å². The van der Waals surface area contributed by atoms with Crippen LogP contribution in [0.3, 0.4) is 0 Å². The fourth-order valence-electron chi connectivity index (χ4n) is 6.84. The summed E-state index contributed by atoms with van der Waals surface area (Å²) in [6.07, 6.45) is 0. The first kappa shape index (κ1) is 24.6. The number of hydrogen-bond donors (Lipinski definition) is 0. The molecule has 10 rings (SSSR count). The minimum absolute atomic E-state index is 0.732. The fourth-order valence-corrected chi connectivity index (χ4v) is 7.92. The van der Waals surface area contributed by atoms with Crippen molar-refractivity contribution < 1.29 is 4.42 Å². The van der Waals surface area contributed by atoms with E-state index in [0.29, 0.717) is 0 Å². The lowest BCUT2D eigenvalue weighted by Gasteiger charge is -2.12. The van der Waals surface area contributed by atoms with E-state index < -0.39 is 0 Å². The lowest BCUT2D eigenvalue weighted by molar-refractivity contribution is 0.671. The van der Waals surface area contributed by atoms with Crippen LogP contribution < -0.4 is 0 Å². The van der Waals surface area contributed by atoms with Gasteiger partial charge in [-0.1, -0.05) is 103 Å². The van der Waals surface area contributed by atoms with Crippen LogP contribution in [-0.4, -0.2) is 14.5 Å².